The van der Waals surface area contributed by atoms with Gasteiger partial charge >= 0.3 is 11.1 Å². The molecular weight excluding hydrogens is 176 g/mol. The summed E-state index contributed by atoms with van der Waals surface area (Å²) >= 11 is -2.63. The molecule has 0 aliphatic carbocycles. The molecule has 0 spiro atoms. The molecule has 0 saturated heterocycles. The lowest BCUT2D eigenvalue weighted by molar-refractivity contribution is -0.394. The Balaban J connectivity index is 2.99. The van der Waals surface area contributed by atoms with Crippen molar-refractivity contribution in [2.75, 3.05) is 0 Å². The van der Waals surface area contributed by atoms with E-state index in [1.54, 1.807) is 0 Å². The van der Waals surface area contributed by atoms with Gasteiger partial charge in [0.2, 0.25) is 0 Å². The molecule has 0 saturated carbocycles. The quantitative estimate of drug-likeness (QED) is 0.349. The van der Waals surface area contributed by atoms with Crippen LogP contribution in [0.3, 0.4) is 0 Å². The van der Waals surface area contributed by atoms with Gasteiger partial charge in [-0.15, -0.1) is 5.10 Å². The van der Waals surface area contributed by atoms with E-state index in [0.717, 1.165) is 0 Å². The number of aromatic nitrogens is 3. The minimum absolute atomic E-state index is 0.614. The number of hydrogen-bond acceptors (Lipinski definition) is 6. The number of nitrogens with one attached hydrogen (secondary N) is 1. The molecule has 11 heavy (non-hydrogen) atoms. The predicted octanol–water partition coefficient (Wildman–Crippen LogP) is -1.05. The van der Waals surface area contributed by atoms with Gasteiger partial charge in [0.25, 0.3) is 0 Å². The smallest absolute Gasteiger partial charge is 0.454 e. The summed E-state index contributed by atoms with van der Waals surface area (Å²) in [5, 5.41) is 14.2. The summed E-state index contributed by atoms with van der Waals surface area (Å²) in [7, 11) is 0. The molecule has 1 atom stereocenters. The summed E-state index contributed by atoms with van der Waals surface area (Å²) < 4.78 is 20.1. The van der Waals surface area contributed by atoms with Gasteiger partial charge in [-0.05, 0) is 9.91 Å². The molecule has 1 N–H and O–H groups in total. The molecule has 0 aliphatic rings. The van der Waals surface area contributed by atoms with Gasteiger partial charge in [-0.1, -0.05) is 5.10 Å². The summed E-state index contributed by atoms with van der Waals surface area (Å²) in [6, 6.07) is 0. The van der Waals surface area contributed by atoms with E-state index < -0.39 is 27.1 Å². The molecule has 0 amide bonds. The molecule has 0 aromatic carbocycles. The molecule has 9 heteroatoms. The maximum atomic E-state index is 10.1. The highest BCUT2D eigenvalue weighted by Gasteiger charge is 2.13. The van der Waals surface area contributed by atoms with Crippen molar-refractivity contribution >= 4 is 17.0 Å². The van der Waals surface area contributed by atoms with Crippen LogP contribution in [0, 0.1) is 10.1 Å². The number of nitrogens with zero attached hydrogens (tertiary/aromatic N) is 3. The summed E-state index contributed by atoms with van der Waals surface area (Å²) in [4.78, 5) is 12.1. The highest BCUT2D eigenvalue weighted by Crippen LogP contribution is 2.02. The first-order chi connectivity index (χ1) is 5.11. The van der Waals surface area contributed by atoms with Crippen LogP contribution in [-0.2, 0) is 11.1 Å². The predicted molar refractivity (Wildman–Crippen MR) is 30.2 cm³/mol. The van der Waals surface area contributed by atoms with Crippen LogP contribution in [0.1, 0.15) is 0 Å². The Bertz CT molecular complexity index is 278. The molecule has 1 aromatic heterocycles. The summed E-state index contributed by atoms with van der Waals surface area (Å²) in [6.45, 7) is 0. The molecule has 0 aliphatic heterocycles. The standard InChI is InChI=1S/C2H2N4O4S/c7-6(8)1-3-2(5-4-1)11(9)10/h(H,9,10)(H,3,4,5)/p-1. The Hall–Kier alpha value is -1.35. The van der Waals surface area contributed by atoms with Gasteiger partial charge in [-0.3, -0.25) is 4.21 Å². The third-order valence-corrected chi connectivity index (χ3v) is 1.26. The van der Waals surface area contributed by atoms with Crippen LogP contribution in [0.4, 0.5) is 5.95 Å². The summed E-state index contributed by atoms with van der Waals surface area (Å²) in [5.41, 5.74) is 0. The van der Waals surface area contributed by atoms with E-state index in [1.807, 2.05) is 5.10 Å². The molecular formula is C2HN4O4S-. The van der Waals surface area contributed by atoms with Crippen LogP contribution in [0.2, 0.25) is 0 Å². The van der Waals surface area contributed by atoms with Crippen molar-refractivity contribution in [2.45, 2.75) is 5.16 Å². The minimum Gasteiger partial charge on any atom is -0.765 e. The Morgan fingerprint density at radius 2 is 2.27 bits per heavy atom. The maximum Gasteiger partial charge on any atom is 0.454 e. The summed E-state index contributed by atoms with van der Waals surface area (Å²) in [5.74, 6) is -0.691. The fourth-order valence-corrected chi connectivity index (χ4v) is 0.676. The van der Waals surface area contributed by atoms with Crippen LogP contribution in [0.25, 0.3) is 0 Å². The zero-order valence-corrected chi connectivity index (χ0v) is 5.70. The van der Waals surface area contributed by atoms with Crippen molar-refractivity contribution in [3.8, 4) is 0 Å². The Labute approximate surface area is 62.1 Å². The largest absolute Gasteiger partial charge is 0.765 e. The van der Waals surface area contributed by atoms with Crippen molar-refractivity contribution in [3.63, 3.8) is 0 Å². The average Bonchev–Trinajstić information content (AvgIpc) is 2.33. The lowest BCUT2D eigenvalue weighted by Gasteiger charge is -1.90. The minimum atomic E-state index is -2.63. The topological polar surface area (TPSA) is 125 Å². The highest BCUT2D eigenvalue weighted by molar-refractivity contribution is 7.78. The van der Waals surface area contributed by atoms with Crippen LogP contribution in [-0.4, -0.2) is 28.9 Å². The van der Waals surface area contributed by atoms with Gasteiger partial charge in [0, 0.05) is 11.1 Å². The van der Waals surface area contributed by atoms with E-state index in [4.69, 9.17) is 0 Å². The van der Waals surface area contributed by atoms with E-state index in [0.29, 0.717) is 0 Å². The molecule has 0 radical (unpaired) electrons. The number of nitro groups is 1. The number of hydrogen-bond donors (Lipinski definition) is 1. The molecule has 0 bridgehead atoms. The van der Waals surface area contributed by atoms with Crippen LogP contribution in [0.5, 0.6) is 0 Å². The van der Waals surface area contributed by atoms with E-state index in [9.17, 15) is 18.9 Å². The second-order valence-corrected chi connectivity index (χ2v) is 2.27. The lowest BCUT2D eigenvalue weighted by atomic mass is 11.1. The Morgan fingerprint density at radius 3 is 2.55 bits per heavy atom. The van der Waals surface area contributed by atoms with Gasteiger partial charge in [-0.2, -0.15) is 0 Å². The van der Waals surface area contributed by atoms with E-state index in [2.05, 4.69) is 10.1 Å². The molecule has 1 aromatic rings. The van der Waals surface area contributed by atoms with Gasteiger partial charge in [0.15, 0.2) is 0 Å². The molecule has 1 rings (SSSR count). The lowest BCUT2D eigenvalue weighted by Crippen LogP contribution is -1.92. The monoisotopic (exact) mass is 177 g/mol. The summed E-state index contributed by atoms with van der Waals surface area (Å²) in [6.07, 6.45) is 0. The highest BCUT2D eigenvalue weighted by atomic mass is 32.2. The molecule has 60 valence electrons. The Kier molecular flexibility index (Phi) is 1.92. The number of H-pyrrole nitrogens is 1. The zero-order chi connectivity index (χ0) is 8.43. The third-order valence-electron chi connectivity index (χ3n) is 0.775. The first-order valence-corrected chi connectivity index (χ1v) is 3.35. The van der Waals surface area contributed by atoms with Crippen molar-refractivity contribution in [1.82, 2.24) is 15.2 Å². The average molecular weight is 177 g/mol. The van der Waals surface area contributed by atoms with Gasteiger partial charge in [0.1, 0.15) is 0 Å². The third kappa shape index (κ3) is 1.56. The maximum absolute atomic E-state index is 10.1. The molecule has 0 fully saturated rings. The SMILES string of the molecule is O=[N+]([O-])c1nc(S(=O)[O-])n[nH]1. The van der Waals surface area contributed by atoms with E-state index in [-0.39, 0.29) is 0 Å². The van der Waals surface area contributed by atoms with Crippen LogP contribution >= 0.6 is 0 Å². The van der Waals surface area contributed by atoms with Crippen molar-refractivity contribution in [3.05, 3.63) is 10.1 Å². The fourth-order valence-electron chi connectivity index (χ4n) is 0.395. The second-order valence-electron chi connectivity index (χ2n) is 1.43. The van der Waals surface area contributed by atoms with E-state index >= 15 is 0 Å². The van der Waals surface area contributed by atoms with Gasteiger partial charge < -0.3 is 14.7 Å². The van der Waals surface area contributed by atoms with Crippen LogP contribution < -0.4 is 0 Å². The van der Waals surface area contributed by atoms with Gasteiger partial charge in [0.05, 0.1) is 0 Å². The van der Waals surface area contributed by atoms with Crippen molar-refractivity contribution in [1.29, 1.82) is 0 Å². The van der Waals surface area contributed by atoms with Crippen molar-refractivity contribution in [2.24, 2.45) is 0 Å². The zero-order valence-electron chi connectivity index (χ0n) is 4.88. The fraction of sp³-hybridized carbons (Fsp3) is 0. The molecule has 1 unspecified atom stereocenters. The van der Waals surface area contributed by atoms with Crippen molar-refractivity contribution < 1.29 is 13.7 Å². The molecule has 1 heterocycles. The Morgan fingerprint density at radius 1 is 1.64 bits per heavy atom. The van der Waals surface area contributed by atoms with Gasteiger partial charge in [-0.25, -0.2) is 0 Å². The van der Waals surface area contributed by atoms with Crippen LogP contribution in [0.15, 0.2) is 5.16 Å². The first-order valence-electron chi connectivity index (χ1n) is 2.27. The number of rotatable bonds is 2. The molecule has 8 nitrogen and oxygen atoms in total. The second kappa shape index (κ2) is 2.72. The van der Waals surface area contributed by atoms with E-state index in [1.165, 1.54) is 0 Å². The normalized spacial score (nSPS) is 12.8. The number of aromatic amines is 1. The first kappa shape index (κ1) is 7.75.